The molecule has 0 spiro atoms. The second-order valence-corrected chi connectivity index (χ2v) is 7.97. The molecule has 1 aliphatic heterocycles. The van der Waals surface area contributed by atoms with Gasteiger partial charge in [0.15, 0.2) is 0 Å². The van der Waals surface area contributed by atoms with Gasteiger partial charge in [-0.1, -0.05) is 18.2 Å². The second-order valence-electron chi connectivity index (χ2n) is 7.97. The van der Waals surface area contributed by atoms with E-state index in [1.54, 1.807) is 7.11 Å². The molecule has 6 heteroatoms. The number of hydrogen-bond acceptors (Lipinski definition) is 5. The van der Waals surface area contributed by atoms with E-state index in [-0.39, 0.29) is 17.9 Å². The van der Waals surface area contributed by atoms with E-state index in [0.717, 1.165) is 22.6 Å². The van der Waals surface area contributed by atoms with Crippen LogP contribution in [0.5, 0.6) is 5.75 Å². The normalized spacial score (nSPS) is 14.1. The minimum Gasteiger partial charge on any atom is -0.491 e. The van der Waals surface area contributed by atoms with Crippen molar-refractivity contribution in [1.29, 1.82) is 0 Å². The molecule has 2 amide bonds. The van der Waals surface area contributed by atoms with Crippen molar-refractivity contribution in [3.63, 3.8) is 0 Å². The number of rotatable bonds is 9. The molecule has 0 aromatic heterocycles. The summed E-state index contributed by atoms with van der Waals surface area (Å²) in [6.07, 6.45) is 0.636. The average Bonchev–Trinajstić information content (AvgIpc) is 2.95. The maximum Gasteiger partial charge on any atom is 0.278 e. The predicted octanol–water partition coefficient (Wildman–Crippen LogP) is 4.32. The molecular weight excluding hydrogens is 392 g/mol. The Kier molecular flexibility index (Phi) is 7.13. The van der Waals surface area contributed by atoms with E-state index >= 15 is 0 Å². The molecule has 0 atom stereocenters. The third kappa shape index (κ3) is 5.14. The van der Waals surface area contributed by atoms with E-state index in [1.165, 1.54) is 4.90 Å². The number of imide groups is 1. The van der Waals surface area contributed by atoms with Gasteiger partial charge in [0, 0.05) is 25.9 Å². The average molecular weight is 423 g/mol. The van der Waals surface area contributed by atoms with Gasteiger partial charge in [-0.25, -0.2) is 0 Å². The molecule has 0 fully saturated rings. The van der Waals surface area contributed by atoms with Gasteiger partial charge in [-0.3, -0.25) is 14.5 Å². The van der Waals surface area contributed by atoms with Crippen molar-refractivity contribution < 1.29 is 19.1 Å². The molecule has 2 aromatic carbocycles. The van der Waals surface area contributed by atoms with Crippen LogP contribution in [0.1, 0.15) is 37.0 Å². The number of aryl methyl sites for hydroxylation is 2. The molecule has 3 rings (SSSR count). The summed E-state index contributed by atoms with van der Waals surface area (Å²) >= 11 is 0. The van der Waals surface area contributed by atoms with Crippen LogP contribution in [0.25, 0.3) is 5.57 Å². The standard InChI is InChI=1S/C25H30N2O4/c1-16(2)31-21-11-8-19(9-12-21)22-23(26-20-10-7-17(3)18(4)15-20)25(29)27(24(22)28)13-6-14-30-5/h7-12,15-16,26H,6,13-14H2,1-5H3. The zero-order valence-electron chi connectivity index (χ0n) is 18.8. The van der Waals surface area contributed by atoms with Gasteiger partial charge >= 0.3 is 0 Å². The summed E-state index contributed by atoms with van der Waals surface area (Å²) in [4.78, 5) is 27.7. The summed E-state index contributed by atoms with van der Waals surface area (Å²) in [7, 11) is 1.60. The van der Waals surface area contributed by atoms with Crippen molar-refractivity contribution in [2.75, 3.05) is 25.6 Å². The first-order chi connectivity index (χ1) is 14.8. The van der Waals surface area contributed by atoms with E-state index in [9.17, 15) is 9.59 Å². The van der Waals surface area contributed by atoms with E-state index < -0.39 is 0 Å². The van der Waals surface area contributed by atoms with Gasteiger partial charge in [-0.15, -0.1) is 0 Å². The van der Waals surface area contributed by atoms with Crippen LogP contribution >= 0.6 is 0 Å². The summed E-state index contributed by atoms with van der Waals surface area (Å²) < 4.78 is 10.8. The second kappa shape index (κ2) is 9.79. The fourth-order valence-corrected chi connectivity index (χ4v) is 3.47. The van der Waals surface area contributed by atoms with Gasteiger partial charge in [0.2, 0.25) is 0 Å². The Morgan fingerprint density at radius 1 is 0.968 bits per heavy atom. The molecule has 0 radical (unpaired) electrons. The summed E-state index contributed by atoms with van der Waals surface area (Å²) in [5, 5.41) is 3.21. The maximum absolute atomic E-state index is 13.2. The van der Waals surface area contributed by atoms with Crippen LogP contribution in [0.15, 0.2) is 48.2 Å². The van der Waals surface area contributed by atoms with Gasteiger partial charge in [-0.05, 0) is 75.1 Å². The third-order valence-electron chi connectivity index (χ3n) is 5.19. The van der Waals surface area contributed by atoms with Crippen LogP contribution in [0.2, 0.25) is 0 Å². The monoisotopic (exact) mass is 422 g/mol. The van der Waals surface area contributed by atoms with Crippen LogP contribution in [-0.4, -0.2) is 43.1 Å². The van der Waals surface area contributed by atoms with Crippen molar-refractivity contribution in [3.05, 3.63) is 64.9 Å². The minimum atomic E-state index is -0.322. The first kappa shape index (κ1) is 22.6. The minimum absolute atomic E-state index is 0.0537. The highest BCUT2D eigenvalue weighted by atomic mass is 16.5. The molecule has 31 heavy (non-hydrogen) atoms. The molecular formula is C25H30N2O4. The summed E-state index contributed by atoms with van der Waals surface area (Å²) in [5.74, 6) is 0.0959. The van der Waals surface area contributed by atoms with Crippen LogP contribution in [0, 0.1) is 13.8 Å². The number of carbonyl (C=O) groups is 2. The number of carbonyl (C=O) groups excluding carboxylic acids is 2. The Labute approximate surface area is 183 Å². The van der Waals surface area contributed by atoms with Gasteiger partial charge in [0.05, 0.1) is 11.7 Å². The largest absolute Gasteiger partial charge is 0.491 e. The molecule has 0 aliphatic carbocycles. The number of amides is 2. The number of nitrogens with zero attached hydrogens (tertiary/aromatic N) is 1. The lowest BCUT2D eigenvalue weighted by Gasteiger charge is -2.15. The summed E-state index contributed by atoms with van der Waals surface area (Å²) in [6.45, 7) is 8.75. The van der Waals surface area contributed by atoms with Crippen LogP contribution in [0.4, 0.5) is 5.69 Å². The van der Waals surface area contributed by atoms with E-state index in [2.05, 4.69) is 5.32 Å². The zero-order valence-corrected chi connectivity index (χ0v) is 18.8. The Morgan fingerprint density at radius 2 is 1.68 bits per heavy atom. The topological polar surface area (TPSA) is 67.9 Å². The lowest BCUT2D eigenvalue weighted by atomic mass is 10.0. The van der Waals surface area contributed by atoms with E-state index in [4.69, 9.17) is 9.47 Å². The molecule has 2 aromatic rings. The van der Waals surface area contributed by atoms with Crippen molar-refractivity contribution >= 4 is 23.1 Å². The number of hydrogen-bond donors (Lipinski definition) is 1. The van der Waals surface area contributed by atoms with Crippen LogP contribution in [-0.2, 0) is 14.3 Å². The molecule has 1 aliphatic rings. The molecule has 0 bridgehead atoms. The molecule has 1 heterocycles. The zero-order chi connectivity index (χ0) is 22.5. The lowest BCUT2D eigenvalue weighted by Crippen LogP contribution is -2.33. The molecule has 0 unspecified atom stereocenters. The van der Waals surface area contributed by atoms with Crippen molar-refractivity contribution in [2.45, 2.75) is 40.2 Å². The maximum atomic E-state index is 13.2. The Balaban J connectivity index is 1.97. The molecule has 0 saturated carbocycles. The highest BCUT2D eigenvalue weighted by molar-refractivity contribution is 6.36. The molecule has 164 valence electrons. The Bertz CT molecular complexity index is 993. The van der Waals surface area contributed by atoms with Crippen molar-refractivity contribution in [3.8, 4) is 5.75 Å². The quantitative estimate of drug-likeness (QED) is 0.482. The number of methoxy groups -OCH3 is 1. The van der Waals surface area contributed by atoms with Gasteiger partial charge in [0.25, 0.3) is 11.8 Å². The highest BCUT2D eigenvalue weighted by Crippen LogP contribution is 2.32. The van der Waals surface area contributed by atoms with Crippen LogP contribution < -0.4 is 10.1 Å². The summed E-state index contributed by atoms with van der Waals surface area (Å²) in [5.41, 5.74) is 4.39. The highest BCUT2D eigenvalue weighted by Gasteiger charge is 2.38. The SMILES string of the molecule is COCCCN1C(=O)C(Nc2ccc(C)c(C)c2)=C(c2ccc(OC(C)C)cc2)C1=O. The summed E-state index contributed by atoms with van der Waals surface area (Å²) in [6, 6.07) is 13.2. The third-order valence-corrected chi connectivity index (χ3v) is 5.19. The predicted molar refractivity (Wildman–Crippen MR) is 122 cm³/mol. The molecule has 6 nitrogen and oxygen atoms in total. The first-order valence-corrected chi connectivity index (χ1v) is 10.5. The fraction of sp³-hybridized carbons (Fsp3) is 0.360. The Morgan fingerprint density at radius 3 is 2.29 bits per heavy atom. The molecule has 1 N–H and O–H groups in total. The van der Waals surface area contributed by atoms with Gasteiger partial charge in [0.1, 0.15) is 11.4 Å². The van der Waals surface area contributed by atoms with E-state index in [0.29, 0.717) is 36.4 Å². The van der Waals surface area contributed by atoms with Crippen LogP contribution in [0.3, 0.4) is 0 Å². The van der Waals surface area contributed by atoms with Gasteiger partial charge in [-0.2, -0.15) is 0 Å². The number of nitrogens with one attached hydrogen (secondary N) is 1. The number of anilines is 1. The van der Waals surface area contributed by atoms with E-state index in [1.807, 2.05) is 70.2 Å². The number of benzene rings is 2. The fourth-order valence-electron chi connectivity index (χ4n) is 3.47. The number of ether oxygens (including phenoxy) is 2. The first-order valence-electron chi connectivity index (χ1n) is 10.5. The lowest BCUT2D eigenvalue weighted by molar-refractivity contribution is -0.136. The van der Waals surface area contributed by atoms with Crippen molar-refractivity contribution in [2.24, 2.45) is 0 Å². The van der Waals surface area contributed by atoms with Crippen molar-refractivity contribution in [1.82, 2.24) is 4.90 Å². The van der Waals surface area contributed by atoms with Gasteiger partial charge < -0.3 is 14.8 Å². The molecule has 0 saturated heterocycles. The Hall–Kier alpha value is -3.12. The smallest absolute Gasteiger partial charge is 0.278 e.